The largest absolute Gasteiger partial charge is 0.455 e. The molecule has 138 valence electrons. The maximum Gasteiger partial charge on any atom is 0.159 e. The number of furan rings is 1. The Kier molecular flexibility index (Phi) is 5.26. The molecule has 3 aromatic rings. The summed E-state index contributed by atoms with van der Waals surface area (Å²) in [6.07, 6.45) is 0.425. The van der Waals surface area contributed by atoms with Gasteiger partial charge in [0.25, 0.3) is 0 Å². The number of ether oxygens (including phenoxy) is 2. The van der Waals surface area contributed by atoms with Gasteiger partial charge in [-0.3, -0.25) is 0 Å². The Balaban J connectivity index is 1.55. The van der Waals surface area contributed by atoms with Gasteiger partial charge in [-0.15, -0.1) is 0 Å². The molecule has 0 amide bonds. The van der Waals surface area contributed by atoms with E-state index >= 15 is 0 Å². The number of benzene rings is 2. The van der Waals surface area contributed by atoms with Crippen molar-refractivity contribution in [3.8, 4) is 23.2 Å². The maximum absolute atomic E-state index is 9.71. The quantitative estimate of drug-likeness (QED) is 0.704. The zero-order chi connectivity index (χ0) is 18.6. The van der Waals surface area contributed by atoms with Crippen molar-refractivity contribution < 1.29 is 19.0 Å². The van der Waals surface area contributed by atoms with E-state index in [1.54, 1.807) is 0 Å². The van der Waals surface area contributed by atoms with Gasteiger partial charge in [0.05, 0.1) is 17.8 Å². The van der Waals surface area contributed by atoms with E-state index in [1.165, 1.54) is 0 Å². The molecule has 0 spiro atoms. The standard InChI is InChI=1S/C23H22O4/c1-16-20(24)13-14-22(26-16)25-15-7-11-19-18-10-5-6-12-21(18)27-23(19)17-8-3-2-4-9-17/h2-6,8-10,12,16,20,22,24H,13-15H2,1H3/t16-,20+,22+/m0/s1. The molecule has 1 aromatic heterocycles. The third-order valence-electron chi connectivity index (χ3n) is 4.79. The lowest BCUT2D eigenvalue weighted by molar-refractivity contribution is -0.211. The summed E-state index contributed by atoms with van der Waals surface area (Å²) in [7, 11) is 0. The zero-order valence-corrected chi connectivity index (χ0v) is 15.2. The Hall–Kier alpha value is -2.58. The Morgan fingerprint density at radius 2 is 1.85 bits per heavy atom. The molecule has 1 saturated heterocycles. The molecular weight excluding hydrogens is 340 g/mol. The van der Waals surface area contributed by atoms with E-state index in [9.17, 15) is 5.11 Å². The van der Waals surface area contributed by atoms with E-state index in [4.69, 9.17) is 13.9 Å². The van der Waals surface area contributed by atoms with Gasteiger partial charge in [0.15, 0.2) is 12.1 Å². The van der Waals surface area contributed by atoms with Crippen molar-refractivity contribution >= 4 is 11.0 Å². The fourth-order valence-corrected chi connectivity index (χ4v) is 3.28. The summed E-state index contributed by atoms with van der Waals surface area (Å²) in [6.45, 7) is 2.12. The van der Waals surface area contributed by atoms with Crippen LogP contribution in [0.1, 0.15) is 25.3 Å². The summed E-state index contributed by atoms with van der Waals surface area (Å²) in [5.41, 5.74) is 2.69. The number of para-hydroxylation sites is 1. The van der Waals surface area contributed by atoms with Crippen LogP contribution in [0.5, 0.6) is 0 Å². The van der Waals surface area contributed by atoms with Crippen molar-refractivity contribution in [2.24, 2.45) is 0 Å². The van der Waals surface area contributed by atoms with Crippen LogP contribution in [0.4, 0.5) is 0 Å². The Morgan fingerprint density at radius 3 is 2.67 bits per heavy atom. The van der Waals surface area contributed by atoms with Crippen molar-refractivity contribution in [2.45, 2.75) is 38.3 Å². The average molecular weight is 362 g/mol. The highest BCUT2D eigenvalue weighted by Crippen LogP contribution is 2.32. The summed E-state index contributed by atoms with van der Waals surface area (Å²) < 4.78 is 17.4. The molecule has 4 rings (SSSR count). The Labute approximate surface area is 158 Å². The summed E-state index contributed by atoms with van der Waals surface area (Å²) in [5.74, 6) is 7.08. The highest BCUT2D eigenvalue weighted by atomic mass is 16.7. The molecule has 3 atom stereocenters. The van der Waals surface area contributed by atoms with Gasteiger partial charge in [0.1, 0.15) is 12.2 Å². The molecule has 1 aliphatic heterocycles. The minimum Gasteiger partial charge on any atom is -0.455 e. The first-order chi connectivity index (χ1) is 13.2. The third-order valence-corrected chi connectivity index (χ3v) is 4.79. The monoisotopic (exact) mass is 362 g/mol. The number of aliphatic hydroxyl groups excluding tert-OH is 1. The van der Waals surface area contributed by atoms with Crippen LogP contribution >= 0.6 is 0 Å². The molecule has 1 N–H and O–H groups in total. The minimum absolute atomic E-state index is 0.209. The van der Waals surface area contributed by atoms with Gasteiger partial charge in [-0.05, 0) is 25.5 Å². The number of rotatable bonds is 3. The first kappa shape index (κ1) is 17.8. The van der Waals surface area contributed by atoms with Crippen molar-refractivity contribution in [1.82, 2.24) is 0 Å². The van der Waals surface area contributed by atoms with E-state index in [1.807, 2.05) is 61.5 Å². The average Bonchev–Trinajstić information content (AvgIpc) is 3.07. The Bertz CT molecular complexity index is 964. The molecular formula is C23H22O4. The van der Waals surface area contributed by atoms with Gasteiger partial charge >= 0.3 is 0 Å². The van der Waals surface area contributed by atoms with Crippen molar-refractivity contribution in [1.29, 1.82) is 0 Å². The maximum atomic E-state index is 9.71. The van der Waals surface area contributed by atoms with E-state index in [-0.39, 0.29) is 19.0 Å². The van der Waals surface area contributed by atoms with Crippen LogP contribution in [0.2, 0.25) is 0 Å². The smallest absolute Gasteiger partial charge is 0.159 e. The molecule has 2 aromatic carbocycles. The highest BCUT2D eigenvalue weighted by molar-refractivity contribution is 5.91. The third kappa shape index (κ3) is 3.91. The summed E-state index contributed by atoms with van der Waals surface area (Å²) >= 11 is 0. The topological polar surface area (TPSA) is 51.8 Å². The van der Waals surface area contributed by atoms with Crippen LogP contribution < -0.4 is 0 Å². The summed E-state index contributed by atoms with van der Waals surface area (Å²) in [4.78, 5) is 0. The van der Waals surface area contributed by atoms with Gasteiger partial charge < -0.3 is 19.0 Å². The minimum atomic E-state index is -0.415. The second-order valence-corrected chi connectivity index (χ2v) is 6.70. The predicted molar refractivity (Wildman–Crippen MR) is 104 cm³/mol. The van der Waals surface area contributed by atoms with Crippen molar-refractivity contribution in [3.63, 3.8) is 0 Å². The van der Waals surface area contributed by atoms with Crippen LogP contribution in [-0.4, -0.2) is 30.2 Å². The van der Waals surface area contributed by atoms with Crippen LogP contribution in [0.3, 0.4) is 0 Å². The second kappa shape index (κ2) is 7.98. The molecule has 0 saturated carbocycles. The van der Waals surface area contributed by atoms with E-state index < -0.39 is 6.10 Å². The normalized spacial score (nSPS) is 22.4. The lowest BCUT2D eigenvalue weighted by Gasteiger charge is -2.31. The molecule has 1 fully saturated rings. The molecule has 4 heteroatoms. The molecule has 2 heterocycles. The van der Waals surface area contributed by atoms with Gasteiger partial charge in [0, 0.05) is 17.4 Å². The molecule has 27 heavy (non-hydrogen) atoms. The molecule has 0 bridgehead atoms. The Morgan fingerprint density at radius 1 is 1.07 bits per heavy atom. The number of aliphatic hydroxyl groups is 1. The SMILES string of the molecule is C[C@@H]1O[C@@H](OCC#Cc2c(-c3ccccc3)oc3ccccc23)CC[C@H]1O. The lowest BCUT2D eigenvalue weighted by atomic mass is 10.1. The molecule has 4 nitrogen and oxygen atoms in total. The van der Waals surface area contributed by atoms with Gasteiger partial charge in [-0.1, -0.05) is 54.3 Å². The van der Waals surface area contributed by atoms with E-state index in [0.29, 0.717) is 12.8 Å². The summed E-state index contributed by atoms with van der Waals surface area (Å²) in [5, 5.41) is 10.7. The molecule has 1 aliphatic rings. The van der Waals surface area contributed by atoms with Gasteiger partial charge in [0.2, 0.25) is 0 Å². The first-order valence-corrected chi connectivity index (χ1v) is 9.23. The number of hydrogen-bond acceptors (Lipinski definition) is 4. The fourth-order valence-electron chi connectivity index (χ4n) is 3.28. The molecule has 0 aliphatic carbocycles. The van der Waals surface area contributed by atoms with Gasteiger partial charge in [-0.2, -0.15) is 0 Å². The first-order valence-electron chi connectivity index (χ1n) is 9.23. The van der Waals surface area contributed by atoms with Crippen LogP contribution in [-0.2, 0) is 9.47 Å². The molecule has 0 unspecified atom stereocenters. The van der Waals surface area contributed by atoms with E-state index in [2.05, 4.69) is 11.8 Å². The number of fused-ring (bicyclic) bond motifs is 1. The van der Waals surface area contributed by atoms with Crippen LogP contribution in [0.15, 0.2) is 59.0 Å². The van der Waals surface area contributed by atoms with Crippen LogP contribution in [0.25, 0.3) is 22.3 Å². The van der Waals surface area contributed by atoms with Crippen LogP contribution in [0, 0.1) is 11.8 Å². The number of hydrogen-bond donors (Lipinski definition) is 1. The van der Waals surface area contributed by atoms with E-state index in [0.717, 1.165) is 27.9 Å². The highest BCUT2D eigenvalue weighted by Gasteiger charge is 2.26. The zero-order valence-electron chi connectivity index (χ0n) is 15.2. The second-order valence-electron chi connectivity index (χ2n) is 6.70. The molecule has 0 radical (unpaired) electrons. The van der Waals surface area contributed by atoms with Crippen molar-refractivity contribution in [2.75, 3.05) is 6.61 Å². The predicted octanol–water partition coefficient (Wildman–Crippen LogP) is 4.35. The fraction of sp³-hybridized carbons (Fsp3) is 0.304. The van der Waals surface area contributed by atoms with Gasteiger partial charge in [-0.25, -0.2) is 0 Å². The van der Waals surface area contributed by atoms with Crippen molar-refractivity contribution in [3.05, 3.63) is 60.2 Å². The lowest BCUT2D eigenvalue weighted by Crippen LogP contribution is -2.37. The summed E-state index contributed by atoms with van der Waals surface area (Å²) in [6, 6.07) is 17.9.